The molecule has 0 radical (unpaired) electrons. The first kappa shape index (κ1) is 14.7. The molecule has 0 atom stereocenters. The molecule has 0 fully saturated rings. The number of nitrogens with zero attached hydrogens (tertiary/aromatic N) is 3. The van der Waals surface area contributed by atoms with Gasteiger partial charge in [0.2, 0.25) is 0 Å². The molecule has 122 valence electrons. The Kier molecular flexibility index (Phi) is 3.86. The second kappa shape index (κ2) is 6.31. The summed E-state index contributed by atoms with van der Waals surface area (Å²) < 4.78 is 7.15. The van der Waals surface area contributed by atoms with Crippen molar-refractivity contribution in [2.24, 2.45) is 0 Å². The Balaban J connectivity index is 1.61. The number of fused-ring (bicyclic) bond motifs is 1. The highest BCUT2D eigenvalue weighted by Gasteiger charge is 2.16. The molecule has 0 bridgehead atoms. The number of anilines is 1. The van der Waals surface area contributed by atoms with Gasteiger partial charge in [0, 0.05) is 24.2 Å². The van der Waals surface area contributed by atoms with Crippen LogP contribution >= 0.6 is 0 Å². The zero-order chi connectivity index (χ0) is 16.4. The van der Waals surface area contributed by atoms with Gasteiger partial charge in [-0.15, -0.1) is 10.2 Å². The maximum atomic E-state index is 12.1. The van der Waals surface area contributed by atoms with Gasteiger partial charge in [0.05, 0.1) is 11.8 Å². The molecule has 24 heavy (non-hydrogen) atoms. The largest absolute Gasteiger partial charge is 0.472 e. The third kappa shape index (κ3) is 2.82. The van der Waals surface area contributed by atoms with Crippen LogP contribution in [0.4, 0.5) is 5.69 Å². The average Bonchev–Trinajstić information content (AvgIpc) is 3.21. The maximum Gasteiger partial charge on any atom is 0.258 e. The summed E-state index contributed by atoms with van der Waals surface area (Å²) in [6.45, 7) is 0.948. The molecule has 6 heteroatoms. The minimum absolute atomic E-state index is 0.194. The van der Waals surface area contributed by atoms with Gasteiger partial charge in [0.1, 0.15) is 12.1 Å². The van der Waals surface area contributed by atoms with Crippen molar-refractivity contribution in [3.05, 3.63) is 54.2 Å². The van der Waals surface area contributed by atoms with E-state index in [0.29, 0.717) is 5.56 Å². The molecule has 0 saturated heterocycles. The SMILES string of the molecule is O=C(Nc1cccc(-c2nnc3n2CCCCC3)c1)c1ccoc1. The lowest BCUT2D eigenvalue weighted by Crippen LogP contribution is -2.11. The van der Waals surface area contributed by atoms with E-state index < -0.39 is 0 Å². The lowest BCUT2D eigenvalue weighted by Gasteiger charge is -2.09. The van der Waals surface area contributed by atoms with E-state index in [-0.39, 0.29) is 5.91 Å². The molecule has 1 amide bonds. The molecule has 0 spiro atoms. The van der Waals surface area contributed by atoms with E-state index >= 15 is 0 Å². The van der Waals surface area contributed by atoms with Crippen molar-refractivity contribution < 1.29 is 9.21 Å². The quantitative estimate of drug-likeness (QED) is 0.801. The first-order chi connectivity index (χ1) is 11.8. The van der Waals surface area contributed by atoms with Crippen molar-refractivity contribution in [2.75, 3.05) is 5.32 Å². The van der Waals surface area contributed by atoms with E-state index in [4.69, 9.17) is 4.42 Å². The number of hydrogen-bond donors (Lipinski definition) is 1. The smallest absolute Gasteiger partial charge is 0.258 e. The summed E-state index contributed by atoms with van der Waals surface area (Å²) in [4.78, 5) is 12.1. The second-order valence-corrected chi connectivity index (χ2v) is 5.95. The molecule has 0 saturated carbocycles. The van der Waals surface area contributed by atoms with Gasteiger partial charge < -0.3 is 14.3 Å². The normalized spacial score (nSPS) is 14.0. The number of nitrogens with one attached hydrogen (secondary N) is 1. The third-order valence-corrected chi connectivity index (χ3v) is 4.27. The summed E-state index contributed by atoms with van der Waals surface area (Å²) in [5, 5.41) is 11.6. The molecule has 2 aromatic heterocycles. The van der Waals surface area contributed by atoms with Crippen LogP contribution in [0.2, 0.25) is 0 Å². The minimum atomic E-state index is -0.194. The number of benzene rings is 1. The van der Waals surface area contributed by atoms with E-state index in [1.807, 2.05) is 24.3 Å². The number of carbonyl (C=O) groups excluding carboxylic acids is 1. The first-order valence-corrected chi connectivity index (χ1v) is 8.17. The second-order valence-electron chi connectivity index (χ2n) is 5.95. The highest BCUT2D eigenvalue weighted by atomic mass is 16.3. The van der Waals surface area contributed by atoms with Gasteiger partial charge in [-0.3, -0.25) is 4.79 Å². The first-order valence-electron chi connectivity index (χ1n) is 8.17. The molecular formula is C18H18N4O2. The Labute approximate surface area is 139 Å². The van der Waals surface area contributed by atoms with Crippen molar-refractivity contribution in [2.45, 2.75) is 32.2 Å². The monoisotopic (exact) mass is 322 g/mol. The van der Waals surface area contributed by atoms with E-state index in [1.54, 1.807) is 6.07 Å². The number of aromatic nitrogens is 3. The number of amides is 1. The van der Waals surface area contributed by atoms with Crippen molar-refractivity contribution in [3.63, 3.8) is 0 Å². The van der Waals surface area contributed by atoms with Crippen molar-refractivity contribution in [1.29, 1.82) is 0 Å². The number of rotatable bonds is 3. The fourth-order valence-electron chi connectivity index (χ4n) is 3.03. The zero-order valence-electron chi connectivity index (χ0n) is 13.2. The average molecular weight is 322 g/mol. The van der Waals surface area contributed by atoms with Gasteiger partial charge in [0.15, 0.2) is 5.82 Å². The van der Waals surface area contributed by atoms with Crippen LogP contribution in [0, 0.1) is 0 Å². The van der Waals surface area contributed by atoms with Gasteiger partial charge in [-0.05, 0) is 31.0 Å². The topological polar surface area (TPSA) is 73.0 Å². The van der Waals surface area contributed by atoms with Gasteiger partial charge in [0.25, 0.3) is 5.91 Å². The van der Waals surface area contributed by atoms with Crippen molar-refractivity contribution in [1.82, 2.24) is 14.8 Å². The van der Waals surface area contributed by atoms with E-state index in [0.717, 1.165) is 42.3 Å². The molecule has 3 heterocycles. The van der Waals surface area contributed by atoms with Crippen LogP contribution in [0.1, 0.15) is 35.4 Å². The molecule has 1 aliphatic rings. The summed E-state index contributed by atoms with van der Waals surface area (Å²) in [6, 6.07) is 9.34. The summed E-state index contributed by atoms with van der Waals surface area (Å²) in [5.74, 6) is 1.72. The molecule has 6 nitrogen and oxygen atoms in total. The Bertz CT molecular complexity index is 852. The van der Waals surface area contributed by atoms with Crippen LogP contribution < -0.4 is 5.32 Å². The molecule has 1 N–H and O–H groups in total. The number of hydrogen-bond acceptors (Lipinski definition) is 4. The summed E-state index contributed by atoms with van der Waals surface area (Å²) in [5.41, 5.74) is 2.18. The van der Waals surface area contributed by atoms with Crippen LogP contribution in [0.3, 0.4) is 0 Å². The molecule has 0 unspecified atom stereocenters. The fraction of sp³-hybridized carbons (Fsp3) is 0.278. The summed E-state index contributed by atoms with van der Waals surface area (Å²) in [7, 11) is 0. The van der Waals surface area contributed by atoms with Gasteiger partial charge in [-0.2, -0.15) is 0 Å². The molecule has 4 rings (SSSR count). The van der Waals surface area contributed by atoms with Crippen LogP contribution in [0.25, 0.3) is 11.4 Å². The molecule has 3 aromatic rings. The van der Waals surface area contributed by atoms with Crippen molar-refractivity contribution >= 4 is 11.6 Å². The third-order valence-electron chi connectivity index (χ3n) is 4.27. The molecular weight excluding hydrogens is 304 g/mol. The Morgan fingerprint density at radius 2 is 2.12 bits per heavy atom. The summed E-state index contributed by atoms with van der Waals surface area (Å²) in [6.07, 6.45) is 7.43. The van der Waals surface area contributed by atoms with E-state index in [1.165, 1.54) is 25.4 Å². The number of aryl methyl sites for hydroxylation is 1. The molecule has 0 aliphatic carbocycles. The maximum absolute atomic E-state index is 12.1. The lowest BCUT2D eigenvalue weighted by atomic mass is 10.1. The fourth-order valence-corrected chi connectivity index (χ4v) is 3.03. The van der Waals surface area contributed by atoms with Crippen LogP contribution in [0.15, 0.2) is 47.3 Å². The number of furan rings is 1. The predicted octanol–water partition coefficient (Wildman–Crippen LogP) is 3.52. The Morgan fingerprint density at radius 3 is 3.00 bits per heavy atom. The highest BCUT2D eigenvalue weighted by molar-refractivity contribution is 6.04. The van der Waals surface area contributed by atoms with Crippen LogP contribution in [-0.4, -0.2) is 20.7 Å². The number of carbonyl (C=O) groups is 1. The van der Waals surface area contributed by atoms with Gasteiger partial charge in [-0.1, -0.05) is 18.6 Å². The van der Waals surface area contributed by atoms with E-state index in [9.17, 15) is 4.79 Å². The molecule has 1 aromatic carbocycles. The van der Waals surface area contributed by atoms with Crippen molar-refractivity contribution in [3.8, 4) is 11.4 Å². The minimum Gasteiger partial charge on any atom is -0.472 e. The van der Waals surface area contributed by atoms with E-state index in [2.05, 4.69) is 20.1 Å². The lowest BCUT2D eigenvalue weighted by molar-refractivity contribution is 0.102. The summed E-state index contributed by atoms with van der Waals surface area (Å²) >= 11 is 0. The van der Waals surface area contributed by atoms with Gasteiger partial charge in [-0.25, -0.2) is 0 Å². The van der Waals surface area contributed by atoms with Crippen LogP contribution in [-0.2, 0) is 13.0 Å². The predicted molar refractivity (Wildman–Crippen MR) is 89.7 cm³/mol. The van der Waals surface area contributed by atoms with Gasteiger partial charge >= 0.3 is 0 Å². The Morgan fingerprint density at radius 1 is 1.17 bits per heavy atom. The van der Waals surface area contributed by atoms with Crippen LogP contribution in [0.5, 0.6) is 0 Å². The standard InChI is InChI=1S/C18H18N4O2/c23-18(14-8-10-24-12-14)19-15-6-4-5-13(11-15)17-21-20-16-7-2-1-3-9-22(16)17/h4-6,8,10-12H,1-3,7,9H2,(H,19,23). The Hall–Kier alpha value is -2.89. The zero-order valence-corrected chi connectivity index (χ0v) is 13.2. The highest BCUT2D eigenvalue weighted by Crippen LogP contribution is 2.25. The molecule has 1 aliphatic heterocycles.